The van der Waals surface area contributed by atoms with Crippen LogP contribution in [0.5, 0.6) is 5.75 Å². The molecule has 0 bridgehead atoms. The van der Waals surface area contributed by atoms with Gasteiger partial charge in [-0.2, -0.15) is 0 Å². The Morgan fingerprint density at radius 2 is 2.00 bits per heavy atom. The Kier molecular flexibility index (Phi) is 5.28. The van der Waals surface area contributed by atoms with Gasteiger partial charge in [0.25, 0.3) is 0 Å². The molecule has 3 heteroatoms. The summed E-state index contributed by atoms with van der Waals surface area (Å²) in [5.41, 5.74) is 1.34. The van der Waals surface area contributed by atoms with Gasteiger partial charge in [-0.25, -0.2) is 0 Å². The summed E-state index contributed by atoms with van der Waals surface area (Å²) < 4.78 is 11.9. The van der Waals surface area contributed by atoms with Crippen molar-refractivity contribution in [1.29, 1.82) is 0 Å². The molecule has 1 unspecified atom stereocenters. The highest BCUT2D eigenvalue weighted by Gasteiger charge is 2.24. The Bertz CT molecular complexity index is 451. The normalized spacial score (nSPS) is 20.8. The molecule has 1 aliphatic heterocycles. The van der Waals surface area contributed by atoms with Crippen molar-refractivity contribution in [1.82, 2.24) is 4.90 Å². The summed E-state index contributed by atoms with van der Waals surface area (Å²) in [4.78, 5) is 2.45. The van der Waals surface area contributed by atoms with Crippen molar-refractivity contribution in [2.24, 2.45) is 0 Å². The molecule has 118 valence electrons. The number of nitrogens with zero attached hydrogens (tertiary/aromatic N) is 1. The van der Waals surface area contributed by atoms with Crippen LogP contribution in [0.25, 0.3) is 0 Å². The van der Waals surface area contributed by atoms with E-state index in [4.69, 9.17) is 9.47 Å². The number of benzene rings is 1. The molecule has 0 aromatic heterocycles. The van der Waals surface area contributed by atoms with Crippen molar-refractivity contribution in [2.75, 3.05) is 26.3 Å². The van der Waals surface area contributed by atoms with E-state index in [0.29, 0.717) is 12.6 Å². The highest BCUT2D eigenvalue weighted by atomic mass is 16.5. The largest absolute Gasteiger partial charge is 0.491 e. The molecule has 1 aromatic carbocycles. The van der Waals surface area contributed by atoms with Crippen molar-refractivity contribution in [3.8, 4) is 5.75 Å². The van der Waals surface area contributed by atoms with Crippen molar-refractivity contribution < 1.29 is 9.47 Å². The molecule has 3 nitrogen and oxygen atoms in total. The first kappa shape index (κ1) is 16.3. The molecular weight excluding hydrogens is 262 g/mol. The van der Waals surface area contributed by atoms with Crippen molar-refractivity contribution in [3.63, 3.8) is 0 Å². The molecule has 0 radical (unpaired) electrons. The summed E-state index contributed by atoms with van der Waals surface area (Å²) in [7, 11) is 0. The van der Waals surface area contributed by atoms with Gasteiger partial charge < -0.3 is 9.47 Å². The predicted molar refractivity (Wildman–Crippen MR) is 87.1 cm³/mol. The van der Waals surface area contributed by atoms with Crippen molar-refractivity contribution in [3.05, 3.63) is 29.8 Å². The fourth-order valence-corrected chi connectivity index (χ4v) is 2.71. The highest BCUT2D eigenvalue weighted by Crippen LogP contribution is 2.31. The molecular formula is C18H29NO2. The standard InChI is InChI=1S/C18H29NO2/c1-14(2)19-10-11-20-15(12-19)13-21-17-9-7-6-8-16(17)18(3,4)5/h6-9,14-15H,10-13H2,1-5H3. The number of ether oxygens (including phenoxy) is 2. The Balaban J connectivity index is 1.97. The molecule has 1 aliphatic rings. The monoisotopic (exact) mass is 291 g/mol. The molecule has 1 fully saturated rings. The van der Waals surface area contributed by atoms with E-state index in [1.54, 1.807) is 0 Å². The van der Waals surface area contributed by atoms with Gasteiger partial charge in [0.1, 0.15) is 18.5 Å². The van der Waals surface area contributed by atoms with Crippen molar-refractivity contribution in [2.45, 2.75) is 52.2 Å². The zero-order chi connectivity index (χ0) is 15.5. The van der Waals surface area contributed by atoms with Crippen LogP contribution in [0.1, 0.15) is 40.2 Å². The van der Waals surface area contributed by atoms with Crippen LogP contribution in [0.2, 0.25) is 0 Å². The number of morpholine rings is 1. The summed E-state index contributed by atoms with van der Waals surface area (Å²) in [5, 5.41) is 0. The fourth-order valence-electron chi connectivity index (χ4n) is 2.71. The zero-order valence-electron chi connectivity index (χ0n) is 14.1. The predicted octanol–water partition coefficient (Wildman–Crippen LogP) is 3.47. The maximum atomic E-state index is 6.08. The van der Waals surface area contributed by atoms with E-state index in [0.717, 1.165) is 25.4 Å². The van der Waals surface area contributed by atoms with Gasteiger partial charge in [-0.1, -0.05) is 39.0 Å². The van der Waals surface area contributed by atoms with Crippen LogP contribution in [0.3, 0.4) is 0 Å². The number of hydrogen-bond acceptors (Lipinski definition) is 3. The van der Waals surface area contributed by atoms with E-state index in [1.165, 1.54) is 5.56 Å². The van der Waals surface area contributed by atoms with Gasteiger partial charge in [-0.3, -0.25) is 4.90 Å². The lowest BCUT2D eigenvalue weighted by molar-refractivity contribution is -0.0566. The second-order valence-electron chi connectivity index (χ2n) is 7.14. The lowest BCUT2D eigenvalue weighted by atomic mass is 9.86. The molecule has 1 saturated heterocycles. The van der Waals surface area contributed by atoms with Gasteiger partial charge in [-0.05, 0) is 30.9 Å². The topological polar surface area (TPSA) is 21.7 Å². The second-order valence-corrected chi connectivity index (χ2v) is 7.14. The summed E-state index contributed by atoms with van der Waals surface area (Å²) >= 11 is 0. The van der Waals surface area contributed by atoms with Crippen LogP contribution < -0.4 is 4.74 Å². The minimum Gasteiger partial charge on any atom is -0.491 e. The molecule has 21 heavy (non-hydrogen) atoms. The number of hydrogen-bond donors (Lipinski definition) is 0. The molecule has 1 atom stereocenters. The van der Waals surface area contributed by atoms with Crippen LogP contribution in [-0.2, 0) is 10.2 Å². The fraction of sp³-hybridized carbons (Fsp3) is 0.667. The van der Waals surface area contributed by atoms with Gasteiger partial charge in [0.2, 0.25) is 0 Å². The summed E-state index contributed by atoms with van der Waals surface area (Å²) in [6, 6.07) is 8.89. The summed E-state index contributed by atoms with van der Waals surface area (Å²) in [6.07, 6.45) is 0.161. The van der Waals surface area contributed by atoms with Crippen molar-refractivity contribution >= 4 is 0 Å². The Morgan fingerprint density at radius 3 is 2.67 bits per heavy atom. The molecule has 0 amide bonds. The van der Waals surface area contributed by atoms with E-state index in [9.17, 15) is 0 Å². The van der Waals surface area contributed by atoms with E-state index in [2.05, 4.69) is 57.7 Å². The third kappa shape index (κ3) is 4.45. The van der Waals surface area contributed by atoms with Gasteiger partial charge >= 0.3 is 0 Å². The quantitative estimate of drug-likeness (QED) is 0.848. The van der Waals surface area contributed by atoms with Gasteiger partial charge in [0, 0.05) is 19.1 Å². The molecule has 1 heterocycles. The molecule has 0 aliphatic carbocycles. The minimum absolute atomic E-state index is 0.0913. The number of rotatable bonds is 4. The van der Waals surface area contributed by atoms with Crippen LogP contribution in [0.4, 0.5) is 0 Å². The Morgan fingerprint density at radius 1 is 1.29 bits per heavy atom. The van der Waals surface area contributed by atoms with E-state index in [1.807, 2.05) is 6.07 Å². The molecule has 0 spiro atoms. The maximum absolute atomic E-state index is 6.08. The minimum atomic E-state index is 0.0913. The number of para-hydroxylation sites is 1. The van der Waals surface area contributed by atoms with E-state index >= 15 is 0 Å². The van der Waals surface area contributed by atoms with Crippen LogP contribution in [0, 0.1) is 0 Å². The molecule has 2 rings (SSSR count). The van der Waals surface area contributed by atoms with Gasteiger partial charge in [-0.15, -0.1) is 0 Å². The SMILES string of the molecule is CC(C)N1CCOC(COc2ccccc2C(C)(C)C)C1. The molecule has 0 N–H and O–H groups in total. The maximum Gasteiger partial charge on any atom is 0.123 e. The van der Waals surface area contributed by atoms with E-state index < -0.39 is 0 Å². The lowest BCUT2D eigenvalue weighted by Gasteiger charge is -2.35. The van der Waals surface area contributed by atoms with E-state index in [-0.39, 0.29) is 11.5 Å². The van der Waals surface area contributed by atoms with Crippen LogP contribution in [-0.4, -0.2) is 43.3 Å². The molecule has 1 aromatic rings. The highest BCUT2D eigenvalue weighted by molar-refractivity contribution is 5.38. The Hall–Kier alpha value is -1.06. The smallest absolute Gasteiger partial charge is 0.123 e. The summed E-state index contributed by atoms with van der Waals surface area (Å²) in [5.74, 6) is 0.982. The molecule has 0 saturated carbocycles. The first-order valence-electron chi connectivity index (χ1n) is 7.96. The van der Waals surface area contributed by atoms with Crippen LogP contribution in [0.15, 0.2) is 24.3 Å². The average Bonchev–Trinajstić information content (AvgIpc) is 2.45. The third-order valence-electron chi connectivity index (χ3n) is 4.02. The summed E-state index contributed by atoms with van der Waals surface area (Å²) in [6.45, 7) is 14.5. The third-order valence-corrected chi connectivity index (χ3v) is 4.02. The average molecular weight is 291 g/mol. The second kappa shape index (κ2) is 6.80. The lowest BCUT2D eigenvalue weighted by Crippen LogP contribution is -2.47. The Labute approximate surface area is 129 Å². The first-order chi connectivity index (χ1) is 9.88. The van der Waals surface area contributed by atoms with Gasteiger partial charge in [0.05, 0.1) is 6.61 Å². The van der Waals surface area contributed by atoms with Crippen LogP contribution >= 0.6 is 0 Å². The first-order valence-corrected chi connectivity index (χ1v) is 7.96. The zero-order valence-corrected chi connectivity index (χ0v) is 14.1. The van der Waals surface area contributed by atoms with Gasteiger partial charge in [0.15, 0.2) is 0 Å².